The predicted molar refractivity (Wildman–Crippen MR) is 67.9 cm³/mol. The number of nitrogens with two attached hydrogens (primary N) is 1. The summed E-state index contributed by atoms with van der Waals surface area (Å²) < 4.78 is 10.5. The van der Waals surface area contributed by atoms with Crippen LogP contribution in [0.1, 0.15) is 31.7 Å². The standard InChI is InChI=1S/C13H19N3O2/c1-8(2)6-10(14)7-11-15-13(16-18-11)12-9(3)4-5-17-12/h4-5,8,10H,6-7,14H2,1-3H3. The predicted octanol–water partition coefficient (Wildman–Crippen LogP) is 2.55. The van der Waals surface area contributed by atoms with Crippen molar-refractivity contribution in [1.82, 2.24) is 10.1 Å². The number of aromatic nitrogens is 2. The second-order valence-electron chi connectivity index (χ2n) is 5.04. The Balaban J connectivity index is 2.05. The highest BCUT2D eigenvalue weighted by Gasteiger charge is 2.16. The first kappa shape index (κ1) is 12.8. The first-order valence-electron chi connectivity index (χ1n) is 6.19. The van der Waals surface area contributed by atoms with Crippen molar-refractivity contribution in [1.29, 1.82) is 0 Å². The summed E-state index contributed by atoms with van der Waals surface area (Å²) in [6.07, 6.45) is 3.16. The number of hydrogen-bond acceptors (Lipinski definition) is 5. The fraction of sp³-hybridized carbons (Fsp3) is 0.538. The minimum Gasteiger partial charge on any atom is -0.461 e. The van der Waals surface area contributed by atoms with Gasteiger partial charge in [-0.3, -0.25) is 0 Å². The molecule has 0 saturated carbocycles. The van der Waals surface area contributed by atoms with Crippen LogP contribution in [-0.4, -0.2) is 16.2 Å². The molecule has 2 aromatic rings. The lowest BCUT2D eigenvalue weighted by atomic mass is 10.0. The average Bonchev–Trinajstić information content (AvgIpc) is 2.85. The Morgan fingerprint density at radius 2 is 2.17 bits per heavy atom. The Hall–Kier alpha value is -1.62. The second-order valence-corrected chi connectivity index (χ2v) is 5.04. The van der Waals surface area contributed by atoms with E-state index in [2.05, 4.69) is 24.0 Å². The van der Waals surface area contributed by atoms with E-state index in [0.29, 0.717) is 29.8 Å². The second kappa shape index (κ2) is 5.35. The van der Waals surface area contributed by atoms with Crippen LogP contribution in [0.25, 0.3) is 11.6 Å². The SMILES string of the molecule is Cc1ccoc1-c1noc(CC(N)CC(C)C)n1. The molecule has 0 radical (unpaired) electrons. The Morgan fingerprint density at radius 1 is 1.39 bits per heavy atom. The third-order valence-electron chi connectivity index (χ3n) is 2.74. The third kappa shape index (κ3) is 2.98. The molecule has 2 N–H and O–H groups in total. The summed E-state index contributed by atoms with van der Waals surface area (Å²) in [6.45, 7) is 6.23. The van der Waals surface area contributed by atoms with Crippen LogP contribution in [-0.2, 0) is 6.42 Å². The van der Waals surface area contributed by atoms with Crippen molar-refractivity contribution in [2.75, 3.05) is 0 Å². The van der Waals surface area contributed by atoms with Crippen LogP contribution < -0.4 is 5.73 Å². The van der Waals surface area contributed by atoms with E-state index in [0.717, 1.165) is 12.0 Å². The molecule has 0 spiro atoms. The minimum atomic E-state index is 0.0518. The molecule has 2 heterocycles. The number of aryl methyl sites for hydroxylation is 1. The van der Waals surface area contributed by atoms with Gasteiger partial charge in [0.15, 0.2) is 5.76 Å². The Labute approximate surface area is 106 Å². The van der Waals surface area contributed by atoms with E-state index < -0.39 is 0 Å². The third-order valence-corrected chi connectivity index (χ3v) is 2.74. The number of rotatable bonds is 5. The Kier molecular flexibility index (Phi) is 3.81. The maximum Gasteiger partial charge on any atom is 0.238 e. The molecule has 0 amide bonds. The Morgan fingerprint density at radius 3 is 2.78 bits per heavy atom. The van der Waals surface area contributed by atoms with Crippen LogP contribution in [0.15, 0.2) is 21.3 Å². The molecule has 0 fully saturated rings. The van der Waals surface area contributed by atoms with Crippen molar-refractivity contribution in [2.45, 2.75) is 39.7 Å². The number of nitrogens with zero attached hydrogens (tertiary/aromatic N) is 2. The minimum absolute atomic E-state index is 0.0518. The van der Waals surface area contributed by atoms with Gasteiger partial charge in [-0.1, -0.05) is 19.0 Å². The molecular formula is C13H19N3O2. The monoisotopic (exact) mass is 249 g/mol. The lowest BCUT2D eigenvalue weighted by Gasteiger charge is -2.10. The molecule has 98 valence electrons. The summed E-state index contributed by atoms with van der Waals surface area (Å²) in [5.41, 5.74) is 7.01. The first-order valence-corrected chi connectivity index (χ1v) is 6.19. The maximum absolute atomic E-state index is 6.01. The fourth-order valence-corrected chi connectivity index (χ4v) is 1.94. The molecule has 2 aromatic heterocycles. The molecular weight excluding hydrogens is 230 g/mol. The highest BCUT2D eigenvalue weighted by atomic mass is 16.5. The first-order chi connectivity index (χ1) is 8.56. The molecule has 5 heteroatoms. The van der Waals surface area contributed by atoms with Crippen LogP contribution in [0.3, 0.4) is 0 Å². The van der Waals surface area contributed by atoms with Crippen molar-refractivity contribution >= 4 is 0 Å². The Bertz CT molecular complexity index is 502. The van der Waals surface area contributed by atoms with Crippen LogP contribution in [0, 0.1) is 12.8 Å². The van der Waals surface area contributed by atoms with Crippen molar-refractivity contribution in [2.24, 2.45) is 11.7 Å². The van der Waals surface area contributed by atoms with Gasteiger partial charge in [0.25, 0.3) is 0 Å². The zero-order valence-corrected chi connectivity index (χ0v) is 11.0. The van der Waals surface area contributed by atoms with Gasteiger partial charge in [-0.25, -0.2) is 0 Å². The molecule has 1 atom stereocenters. The quantitative estimate of drug-likeness (QED) is 0.881. The van der Waals surface area contributed by atoms with Crippen molar-refractivity contribution in [3.05, 3.63) is 23.8 Å². The van der Waals surface area contributed by atoms with Crippen molar-refractivity contribution in [3.63, 3.8) is 0 Å². The molecule has 0 aliphatic heterocycles. The van der Waals surface area contributed by atoms with E-state index in [1.807, 2.05) is 13.0 Å². The molecule has 0 aliphatic carbocycles. The summed E-state index contributed by atoms with van der Waals surface area (Å²) >= 11 is 0. The average molecular weight is 249 g/mol. The van der Waals surface area contributed by atoms with E-state index in [1.165, 1.54) is 0 Å². The fourth-order valence-electron chi connectivity index (χ4n) is 1.94. The van der Waals surface area contributed by atoms with E-state index in [4.69, 9.17) is 14.7 Å². The normalized spacial score (nSPS) is 13.2. The van der Waals surface area contributed by atoms with Crippen molar-refractivity contribution < 1.29 is 8.94 Å². The maximum atomic E-state index is 6.01. The van der Waals surface area contributed by atoms with Gasteiger partial charge >= 0.3 is 0 Å². The van der Waals surface area contributed by atoms with E-state index in [-0.39, 0.29) is 6.04 Å². The van der Waals surface area contributed by atoms with E-state index >= 15 is 0 Å². The van der Waals surface area contributed by atoms with Gasteiger partial charge in [0.05, 0.1) is 6.26 Å². The molecule has 1 unspecified atom stereocenters. The summed E-state index contributed by atoms with van der Waals surface area (Å²) in [7, 11) is 0. The molecule has 5 nitrogen and oxygen atoms in total. The van der Waals surface area contributed by atoms with Gasteiger partial charge in [-0.15, -0.1) is 0 Å². The van der Waals surface area contributed by atoms with Gasteiger partial charge in [0, 0.05) is 12.5 Å². The molecule has 0 saturated heterocycles. The van der Waals surface area contributed by atoms with Crippen LogP contribution in [0.2, 0.25) is 0 Å². The van der Waals surface area contributed by atoms with Crippen LogP contribution in [0.4, 0.5) is 0 Å². The van der Waals surface area contributed by atoms with E-state index in [9.17, 15) is 0 Å². The van der Waals surface area contributed by atoms with Gasteiger partial charge in [0.1, 0.15) is 0 Å². The lowest BCUT2D eigenvalue weighted by Crippen LogP contribution is -2.24. The van der Waals surface area contributed by atoms with Gasteiger partial charge in [-0.2, -0.15) is 4.98 Å². The number of furan rings is 1. The van der Waals surface area contributed by atoms with E-state index in [1.54, 1.807) is 6.26 Å². The molecule has 0 aliphatic rings. The highest BCUT2D eigenvalue weighted by Crippen LogP contribution is 2.21. The summed E-state index contributed by atoms with van der Waals surface area (Å²) in [6, 6.07) is 1.92. The van der Waals surface area contributed by atoms with Crippen LogP contribution in [0.5, 0.6) is 0 Å². The number of hydrogen-bond donors (Lipinski definition) is 1. The van der Waals surface area contributed by atoms with Crippen LogP contribution >= 0.6 is 0 Å². The molecule has 18 heavy (non-hydrogen) atoms. The van der Waals surface area contributed by atoms with Gasteiger partial charge in [-0.05, 0) is 30.9 Å². The summed E-state index contributed by atoms with van der Waals surface area (Å²) in [4.78, 5) is 4.31. The topological polar surface area (TPSA) is 78.1 Å². The highest BCUT2D eigenvalue weighted by molar-refractivity contribution is 5.50. The molecule has 0 aromatic carbocycles. The van der Waals surface area contributed by atoms with Crippen molar-refractivity contribution in [3.8, 4) is 11.6 Å². The largest absolute Gasteiger partial charge is 0.461 e. The molecule has 0 bridgehead atoms. The summed E-state index contributed by atoms with van der Waals surface area (Å²) in [5, 5.41) is 3.92. The zero-order valence-electron chi connectivity index (χ0n) is 11.0. The van der Waals surface area contributed by atoms with Gasteiger partial charge in [0.2, 0.25) is 11.7 Å². The zero-order chi connectivity index (χ0) is 13.1. The smallest absolute Gasteiger partial charge is 0.238 e. The summed E-state index contributed by atoms with van der Waals surface area (Å²) in [5.74, 6) is 2.27. The lowest BCUT2D eigenvalue weighted by molar-refractivity contribution is 0.358. The van der Waals surface area contributed by atoms with Gasteiger partial charge < -0.3 is 14.7 Å². The molecule has 2 rings (SSSR count).